The van der Waals surface area contributed by atoms with E-state index in [1.807, 2.05) is 30.3 Å². The second-order valence-electron chi connectivity index (χ2n) is 3.36. The molecule has 80 valence electrons. The van der Waals surface area contributed by atoms with Gasteiger partial charge in [0.05, 0.1) is 0 Å². The maximum absolute atomic E-state index is 5.62. The molecule has 0 amide bonds. The fraction of sp³-hybridized carbons (Fsp3) is 0.333. The lowest BCUT2D eigenvalue weighted by molar-refractivity contribution is -0.106. The van der Waals surface area contributed by atoms with Gasteiger partial charge in [-0.25, -0.2) is 0 Å². The maximum atomic E-state index is 5.62. The molecule has 1 aliphatic heterocycles. The minimum absolute atomic E-state index is 0.323. The first-order valence-corrected chi connectivity index (χ1v) is 4.83. The Morgan fingerprint density at radius 1 is 1.27 bits per heavy atom. The van der Waals surface area contributed by atoms with Crippen molar-refractivity contribution in [2.24, 2.45) is 0 Å². The number of methoxy groups -OCH3 is 2. The summed E-state index contributed by atoms with van der Waals surface area (Å²) in [5, 5.41) is 0. The number of hydrogen-bond donors (Lipinski definition) is 0. The van der Waals surface area contributed by atoms with Crippen LogP contribution in [0.2, 0.25) is 0 Å². The monoisotopic (exact) mass is 206 g/mol. The van der Waals surface area contributed by atoms with Crippen LogP contribution < -0.4 is 0 Å². The summed E-state index contributed by atoms with van der Waals surface area (Å²) in [6.45, 7) is 0.466. The highest BCUT2D eigenvalue weighted by Gasteiger charge is 2.21. The molecule has 1 aromatic rings. The Kier molecular flexibility index (Phi) is 3.04. The standard InChI is InChI=1S/C12H14O3/c1-13-8-10-7-9-5-3-4-6-11(9)12(14-2)15-10/h3-7,12H,8H2,1-2H3. The van der Waals surface area contributed by atoms with Crippen molar-refractivity contribution in [1.82, 2.24) is 0 Å². The molecule has 0 aromatic heterocycles. The topological polar surface area (TPSA) is 27.7 Å². The highest BCUT2D eigenvalue weighted by atomic mass is 16.7. The van der Waals surface area contributed by atoms with Gasteiger partial charge in [0.1, 0.15) is 12.4 Å². The van der Waals surface area contributed by atoms with E-state index < -0.39 is 0 Å². The van der Waals surface area contributed by atoms with Crippen LogP contribution in [0.5, 0.6) is 0 Å². The minimum Gasteiger partial charge on any atom is -0.462 e. The number of benzene rings is 1. The lowest BCUT2D eigenvalue weighted by Crippen LogP contribution is -2.14. The Labute approximate surface area is 89.3 Å². The molecule has 1 aliphatic rings. The third-order valence-electron chi connectivity index (χ3n) is 2.33. The third-order valence-corrected chi connectivity index (χ3v) is 2.33. The third kappa shape index (κ3) is 2.03. The smallest absolute Gasteiger partial charge is 0.226 e. The zero-order valence-corrected chi connectivity index (χ0v) is 8.90. The largest absolute Gasteiger partial charge is 0.462 e. The molecule has 3 nitrogen and oxygen atoms in total. The molecule has 0 radical (unpaired) electrons. The van der Waals surface area contributed by atoms with Gasteiger partial charge < -0.3 is 14.2 Å². The van der Waals surface area contributed by atoms with E-state index in [4.69, 9.17) is 14.2 Å². The van der Waals surface area contributed by atoms with Crippen molar-refractivity contribution in [3.63, 3.8) is 0 Å². The van der Waals surface area contributed by atoms with Gasteiger partial charge in [0.25, 0.3) is 0 Å². The van der Waals surface area contributed by atoms with E-state index in [0.29, 0.717) is 6.61 Å². The van der Waals surface area contributed by atoms with Crippen molar-refractivity contribution in [2.75, 3.05) is 20.8 Å². The highest BCUT2D eigenvalue weighted by Crippen LogP contribution is 2.31. The molecule has 0 saturated heterocycles. The Balaban J connectivity index is 2.34. The van der Waals surface area contributed by atoms with E-state index in [9.17, 15) is 0 Å². The van der Waals surface area contributed by atoms with Crippen LogP contribution >= 0.6 is 0 Å². The Morgan fingerprint density at radius 2 is 2.07 bits per heavy atom. The first kappa shape index (κ1) is 10.2. The van der Waals surface area contributed by atoms with E-state index >= 15 is 0 Å². The second kappa shape index (κ2) is 4.47. The van der Waals surface area contributed by atoms with Crippen molar-refractivity contribution in [2.45, 2.75) is 6.29 Å². The average molecular weight is 206 g/mol. The highest BCUT2D eigenvalue weighted by molar-refractivity contribution is 5.57. The van der Waals surface area contributed by atoms with E-state index in [-0.39, 0.29) is 6.29 Å². The molecule has 1 aromatic carbocycles. The van der Waals surface area contributed by atoms with Gasteiger partial charge in [0.2, 0.25) is 6.29 Å². The van der Waals surface area contributed by atoms with Crippen molar-refractivity contribution >= 4 is 6.08 Å². The number of fused-ring (bicyclic) bond motifs is 1. The summed E-state index contributed by atoms with van der Waals surface area (Å²) in [4.78, 5) is 0. The molecule has 0 spiro atoms. The Bertz CT molecular complexity index is 371. The molecule has 0 aliphatic carbocycles. The minimum atomic E-state index is -0.323. The Morgan fingerprint density at radius 3 is 2.80 bits per heavy atom. The van der Waals surface area contributed by atoms with Crippen LogP contribution in [0, 0.1) is 0 Å². The van der Waals surface area contributed by atoms with Crippen LogP contribution in [0.25, 0.3) is 6.08 Å². The second-order valence-corrected chi connectivity index (χ2v) is 3.36. The number of rotatable bonds is 3. The molecular weight excluding hydrogens is 192 g/mol. The van der Waals surface area contributed by atoms with Gasteiger partial charge in [0.15, 0.2) is 0 Å². The van der Waals surface area contributed by atoms with Crippen molar-refractivity contribution in [3.05, 3.63) is 41.2 Å². The molecule has 0 bridgehead atoms. The van der Waals surface area contributed by atoms with Crippen LogP contribution in [-0.4, -0.2) is 20.8 Å². The number of ether oxygens (including phenoxy) is 3. The summed E-state index contributed by atoms with van der Waals surface area (Å²) < 4.78 is 15.9. The lowest BCUT2D eigenvalue weighted by atomic mass is 10.0. The molecule has 3 heteroatoms. The first-order chi connectivity index (χ1) is 7.35. The molecule has 2 rings (SSSR count). The SMILES string of the molecule is COCC1=Cc2ccccc2C(OC)O1. The Hall–Kier alpha value is -1.32. The van der Waals surface area contributed by atoms with Gasteiger partial charge in [-0.15, -0.1) is 0 Å². The predicted molar refractivity (Wildman–Crippen MR) is 57.1 cm³/mol. The van der Waals surface area contributed by atoms with Gasteiger partial charge in [-0.2, -0.15) is 0 Å². The van der Waals surface area contributed by atoms with Gasteiger partial charge in [0, 0.05) is 19.8 Å². The number of hydrogen-bond acceptors (Lipinski definition) is 3. The van der Waals surface area contributed by atoms with Crippen molar-refractivity contribution in [3.8, 4) is 0 Å². The van der Waals surface area contributed by atoms with Gasteiger partial charge in [-0.3, -0.25) is 0 Å². The van der Waals surface area contributed by atoms with Crippen LogP contribution in [0.4, 0.5) is 0 Å². The van der Waals surface area contributed by atoms with Crippen LogP contribution in [0.15, 0.2) is 30.0 Å². The quantitative estimate of drug-likeness (QED) is 0.759. The average Bonchev–Trinajstić information content (AvgIpc) is 2.28. The first-order valence-electron chi connectivity index (χ1n) is 4.83. The molecule has 15 heavy (non-hydrogen) atoms. The summed E-state index contributed by atoms with van der Waals surface area (Å²) in [5.41, 5.74) is 2.18. The van der Waals surface area contributed by atoms with Crippen LogP contribution in [0.1, 0.15) is 17.4 Å². The zero-order chi connectivity index (χ0) is 10.7. The van der Waals surface area contributed by atoms with Crippen LogP contribution in [0.3, 0.4) is 0 Å². The summed E-state index contributed by atoms with van der Waals surface area (Å²) in [6.07, 6.45) is 1.66. The molecule has 1 atom stereocenters. The predicted octanol–water partition coefficient (Wildman–Crippen LogP) is 2.35. The fourth-order valence-electron chi connectivity index (χ4n) is 1.66. The molecule has 0 N–H and O–H groups in total. The maximum Gasteiger partial charge on any atom is 0.226 e. The molecule has 1 heterocycles. The lowest BCUT2D eigenvalue weighted by Gasteiger charge is -2.25. The molecular formula is C12H14O3. The van der Waals surface area contributed by atoms with Gasteiger partial charge in [-0.1, -0.05) is 24.3 Å². The molecule has 1 unspecified atom stereocenters. The van der Waals surface area contributed by atoms with E-state index in [1.54, 1.807) is 14.2 Å². The van der Waals surface area contributed by atoms with Crippen molar-refractivity contribution < 1.29 is 14.2 Å². The van der Waals surface area contributed by atoms with Gasteiger partial charge in [-0.05, 0) is 11.6 Å². The van der Waals surface area contributed by atoms with E-state index in [2.05, 4.69) is 0 Å². The van der Waals surface area contributed by atoms with E-state index in [0.717, 1.165) is 16.9 Å². The van der Waals surface area contributed by atoms with Gasteiger partial charge >= 0.3 is 0 Å². The summed E-state index contributed by atoms with van der Waals surface area (Å²) >= 11 is 0. The summed E-state index contributed by atoms with van der Waals surface area (Å²) in [5.74, 6) is 0.794. The van der Waals surface area contributed by atoms with E-state index in [1.165, 1.54) is 0 Å². The summed E-state index contributed by atoms with van der Waals surface area (Å²) in [7, 11) is 3.28. The molecule has 0 saturated carbocycles. The normalized spacial score (nSPS) is 19.1. The molecule has 0 fully saturated rings. The van der Waals surface area contributed by atoms with Crippen LogP contribution in [-0.2, 0) is 14.2 Å². The summed E-state index contributed by atoms with van der Waals surface area (Å²) in [6, 6.07) is 8.02. The van der Waals surface area contributed by atoms with Crippen molar-refractivity contribution in [1.29, 1.82) is 0 Å². The fourth-order valence-corrected chi connectivity index (χ4v) is 1.66. The zero-order valence-electron chi connectivity index (χ0n) is 8.90.